The van der Waals surface area contributed by atoms with E-state index in [9.17, 15) is 29.1 Å². The molecule has 6 atom stereocenters. The van der Waals surface area contributed by atoms with Crippen LogP contribution in [-0.2, 0) is 31.2 Å². The third-order valence-corrected chi connectivity index (χ3v) is 9.72. The van der Waals surface area contributed by atoms with Gasteiger partial charge in [0.2, 0.25) is 11.8 Å². The van der Waals surface area contributed by atoms with E-state index in [-0.39, 0.29) is 42.3 Å². The lowest BCUT2D eigenvalue weighted by Crippen LogP contribution is -2.58. The summed E-state index contributed by atoms with van der Waals surface area (Å²) in [5, 5.41) is 9.85. The van der Waals surface area contributed by atoms with Gasteiger partial charge in [0.15, 0.2) is 11.6 Å². The number of nitrogens with two attached hydrogens (primary N) is 1. The first kappa shape index (κ1) is 27.0. The number of primary amides is 1. The van der Waals surface area contributed by atoms with Crippen molar-refractivity contribution in [1.29, 1.82) is 0 Å². The molecular weight excluding hydrogens is 548 g/mol. The fourth-order valence-electron chi connectivity index (χ4n) is 8.03. The van der Waals surface area contributed by atoms with Crippen LogP contribution in [0, 0.1) is 23.7 Å². The highest BCUT2D eigenvalue weighted by molar-refractivity contribution is 6.31. The number of nitrogens with zero attached hydrogens (tertiary/aromatic N) is 1. The zero-order valence-corrected chi connectivity index (χ0v) is 23.0. The van der Waals surface area contributed by atoms with Gasteiger partial charge < -0.3 is 15.3 Å². The van der Waals surface area contributed by atoms with Crippen LogP contribution in [0.25, 0.3) is 5.57 Å². The van der Waals surface area contributed by atoms with Gasteiger partial charge in [-0.15, -0.1) is 0 Å². The predicted octanol–water partition coefficient (Wildman–Crippen LogP) is 3.68. The predicted molar refractivity (Wildman–Crippen MR) is 153 cm³/mol. The molecule has 1 aromatic heterocycles. The van der Waals surface area contributed by atoms with Gasteiger partial charge in [0.05, 0.1) is 23.2 Å². The summed E-state index contributed by atoms with van der Waals surface area (Å²) in [5.41, 5.74) is 6.24. The number of imide groups is 3. The Balaban J connectivity index is 1.50. The first-order valence-electron chi connectivity index (χ1n) is 14.3. The van der Waals surface area contributed by atoms with Crippen molar-refractivity contribution in [2.75, 3.05) is 0 Å². The van der Waals surface area contributed by atoms with Crippen molar-refractivity contribution >= 4 is 35.0 Å². The second kappa shape index (κ2) is 9.84. The molecule has 0 radical (unpaired) electrons. The number of furan rings is 1. The van der Waals surface area contributed by atoms with Crippen molar-refractivity contribution in [3.05, 3.63) is 113 Å². The molecule has 9 heteroatoms. The maximum atomic E-state index is 14.8. The average Bonchev–Trinajstić information content (AvgIpc) is 3.60. The highest BCUT2D eigenvalue weighted by Crippen LogP contribution is 2.63. The molecule has 4 aliphatic rings. The molecule has 1 aliphatic heterocycles. The molecule has 1 saturated carbocycles. The molecule has 3 aromatic rings. The molecule has 2 aromatic carbocycles. The molecule has 3 aliphatic carbocycles. The van der Waals surface area contributed by atoms with Gasteiger partial charge >= 0.3 is 6.03 Å². The van der Waals surface area contributed by atoms with Crippen molar-refractivity contribution in [1.82, 2.24) is 4.90 Å². The smallest absolute Gasteiger partial charge is 0.328 e. The lowest BCUT2D eigenvalue weighted by atomic mass is 9.45. The normalized spacial score (nSPS) is 29.9. The largest absolute Gasteiger partial charge is 0.463 e. The molecule has 43 heavy (non-hydrogen) atoms. The Morgan fingerprint density at radius 2 is 1.63 bits per heavy atom. The first-order chi connectivity index (χ1) is 20.8. The number of aliphatic hydroxyl groups excluding tert-OH is 1. The number of carbonyl (C=O) groups excluding carboxylic acids is 5. The van der Waals surface area contributed by atoms with E-state index >= 15 is 0 Å². The van der Waals surface area contributed by atoms with Gasteiger partial charge in [-0.1, -0.05) is 72.3 Å². The van der Waals surface area contributed by atoms with E-state index in [0.717, 1.165) is 0 Å². The van der Waals surface area contributed by atoms with Gasteiger partial charge in [-0.3, -0.25) is 19.2 Å². The van der Waals surface area contributed by atoms with Crippen molar-refractivity contribution in [3.63, 3.8) is 0 Å². The van der Waals surface area contributed by atoms with E-state index in [4.69, 9.17) is 10.2 Å². The average molecular weight is 577 g/mol. The number of fused-ring (bicyclic) bond motifs is 4. The minimum Gasteiger partial charge on any atom is -0.463 e. The van der Waals surface area contributed by atoms with Crippen LogP contribution in [0.2, 0.25) is 0 Å². The van der Waals surface area contributed by atoms with Crippen LogP contribution in [0.3, 0.4) is 0 Å². The van der Waals surface area contributed by atoms with Crippen molar-refractivity contribution in [3.8, 4) is 0 Å². The molecule has 0 spiro atoms. The number of benzene rings is 2. The summed E-state index contributed by atoms with van der Waals surface area (Å²) in [6.07, 6.45) is 3.56. The first-order valence-corrected chi connectivity index (χ1v) is 14.3. The Labute approximate surface area is 246 Å². The zero-order valence-electron chi connectivity index (χ0n) is 23.0. The topological polar surface area (TPSA) is 148 Å². The maximum Gasteiger partial charge on any atom is 0.328 e. The summed E-state index contributed by atoms with van der Waals surface area (Å²) < 4.78 is 6.12. The monoisotopic (exact) mass is 576 g/mol. The number of rotatable bonds is 4. The molecule has 0 bridgehead atoms. The molecule has 7 rings (SSSR count). The van der Waals surface area contributed by atoms with E-state index in [1.54, 1.807) is 36.4 Å². The number of allylic oxidation sites excluding steroid dienone is 4. The van der Waals surface area contributed by atoms with Crippen LogP contribution in [-0.4, -0.2) is 39.4 Å². The van der Waals surface area contributed by atoms with Gasteiger partial charge in [0.25, 0.3) is 0 Å². The summed E-state index contributed by atoms with van der Waals surface area (Å²) in [7, 11) is 0. The fraction of sp³-hybridized carbons (Fsp3) is 0.265. The number of aliphatic hydroxyl groups is 1. The lowest BCUT2D eigenvalue weighted by Gasteiger charge is -2.54. The number of ketones is 2. The van der Waals surface area contributed by atoms with Gasteiger partial charge in [-0.2, -0.15) is 4.90 Å². The number of hydrogen-bond acceptors (Lipinski definition) is 7. The fourth-order valence-corrected chi connectivity index (χ4v) is 8.03. The number of amides is 4. The standard InChI is InChI=1S/C34H28N2O7/c35-33(42)36-31(40)22-13-12-21-24(28(22)32(36)41)15-25-30(39)23(18-7-3-1-4-8-18)16-27(38)34(25,19-9-5-2-6-10-19)29(21)26-14-11-20(17-37)43-26/h1-12,14,16,22,24-25,28-29,37H,13,15,17H2,(H2,35,42)/t22-,24+,25-,28-,29+,34-/m0/s1. The molecule has 2 fully saturated rings. The second-order valence-corrected chi connectivity index (χ2v) is 11.6. The highest BCUT2D eigenvalue weighted by atomic mass is 16.4. The minimum atomic E-state index is -1.43. The van der Waals surface area contributed by atoms with Crippen molar-refractivity contribution in [2.45, 2.75) is 30.8 Å². The SMILES string of the molecule is NC(=O)N1C(=O)[C@H]2[C@H](CC=C3[C@H]2C[C@H]2C(=O)C(c4ccccc4)=CC(=O)[C@@]2(c2ccccc2)[C@H]3c2ccc(CO)o2)C1=O. The van der Waals surface area contributed by atoms with E-state index in [2.05, 4.69) is 0 Å². The molecule has 2 heterocycles. The Kier molecular flexibility index (Phi) is 6.18. The lowest BCUT2D eigenvalue weighted by molar-refractivity contribution is -0.137. The Hall–Kier alpha value is -4.89. The summed E-state index contributed by atoms with van der Waals surface area (Å²) in [6, 6.07) is 20.3. The quantitative estimate of drug-likeness (QED) is 0.356. The molecule has 0 unspecified atom stereocenters. The number of urea groups is 1. The van der Waals surface area contributed by atoms with Crippen LogP contribution in [0.5, 0.6) is 0 Å². The Morgan fingerprint density at radius 1 is 0.930 bits per heavy atom. The minimum absolute atomic E-state index is 0.104. The van der Waals surface area contributed by atoms with Crippen LogP contribution in [0.1, 0.15) is 41.4 Å². The van der Waals surface area contributed by atoms with Gasteiger partial charge in [0, 0.05) is 11.5 Å². The Morgan fingerprint density at radius 3 is 2.28 bits per heavy atom. The molecule has 3 N–H and O–H groups in total. The van der Waals surface area contributed by atoms with E-state index in [1.807, 2.05) is 42.5 Å². The third-order valence-electron chi connectivity index (χ3n) is 9.72. The highest BCUT2D eigenvalue weighted by Gasteiger charge is 2.66. The van der Waals surface area contributed by atoms with E-state index in [0.29, 0.717) is 27.4 Å². The zero-order chi connectivity index (χ0) is 30.0. The van der Waals surface area contributed by atoms with Crippen molar-refractivity contribution in [2.24, 2.45) is 29.4 Å². The second-order valence-electron chi connectivity index (χ2n) is 11.6. The number of likely N-dealkylation sites (tertiary alicyclic amines) is 1. The van der Waals surface area contributed by atoms with Gasteiger partial charge in [-0.05, 0) is 48.1 Å². The molecule has 216 valence electrons. The van der Waals surface area contributed by atoms with Gasteiger partial charge in [0.1, 0.15) is 18.1 Å². The van der Waals surface area contributed by atoms with Crippen LogP contribution in [0.4, 0.5) is 4.79 Å². The van der Waals surface area contributed by atoms with E-state index < -0.39 is 52.8 Å². The molecule has 4 amide bonds. The summed E-state index contributed by atoms with van der Waals surface area (Å²) in [6.45, 7) is -0.368. The molecule has 9 nitrogen and oxygen atoms in total. The summed E-state index contributed by atoms with van der Waals surface area (Å²) in [5.74, 6) is -5.32. The van der Waals surface area contributed by atoms with Crippen LogP contribution in [0.15, 0.2) is 94.9 Å². The van der Waals surface area contributed by atoms with Crippen LogP contribution < -0.4 is 5.73 Å². The van der Waals surface area contributed by atoms with Crippen LogP contribution >= 0.6 is 0 Å². The Bertz CT molecular complexity index is 1750. The van der Waals surface area contributed by atoms with Gasteiger partial charge in [-0.25, -0.2) is 4.79 Å². The maximum absolute atomic E-state index is 14.8. The summed E-state index contributed by atoms with van der Waals surface area (Å²) in [4.78, 5) is 68.9. The molecule has 1 saturated heterocycles. The molecular formula is C34H28N2O7. The number of Topliss-reactive ketones (excluding diaryl/α,β-unsaturated/α-hetero) is 1. The third kappa shape index (κ3) is 3.71. The van der Waals surface area contributed by atoms with E-state index in [1.165, 1.54) is 6.08 Å². The summed E-state index contributed by atoms with van der Waals surface area (Å²) >= 11 is 0. The number of hydrogen-bond donors (Lipinski definition) is 2. The van der Waals surface area contributed by atoms with Crippen molar-refractivity contribution < 1.29 is 33.5 Å². The number of carbonyl (C=O) groups is 5.